The van der Waals surface area contributed by atoms with Crippen molar-refractivity contribution in [2.24, 2.45) is 0 Å². The first-order chi connectivity index (χ1) is 9.59. The largest absolute Gasteiger partial charge is 0.382 e. The fraction of sp³-hybridized carbons (Fsp3) is 0.333. The summed E-state index contributed by atoms with van der Waals surface area (Å²) in [6, 6.07) is 10.3. The highest BCUT2D eigenvalue weighted by atomic mass is 79.9. The summed E-state index contributed by atoms with van der Waals surface area (Å²) in [7, 11) is 0. The highest BCUT2D eigenvalue weighted by Crippen LogP contribution is 2.17. The summed E-state index contributed by atoms with van der Waals surface area (Å²) in [5.74, 6) is 0. The molecule has 0 spiro atoms. The number of benzene rings is 1. The van der Waals surface area contributed by atoms with E-state index in [0.717, 1.165) is 18.7 Å². The Morgan fingerprint density at radius 3 is 2.65 bits per heavy atom. The molecule has 1 aromatic heterocycles. The third-order valence-electron chi connectivity index (χ3n) is 3.00. The Kier molecular flexibility index (Phi) is 4.95. The Morgan fingerprint density at radius 2 is 2.00 bits per heavy atom. The molecule has 1 N–H and O–H groups in total. The number of nitrogens with zero attached hydrogens (tertiary/aromatic N) is 2. The van der Waals surface area contributed by atoms with Crippen LogP contribution in [0.4, 0.5) is 5.69 Å². The number of hydrogen-bond acceptors (Lipinski definition) is 3. The van der Waals surface area contributed by atoms with E-state index in [1.807, 2.05) is 32.0 Å². The summed E-state index contributed by atoms with van der Waals surface area (Å²) >= 11 is 3.35. The second kappa shape index (κ2) is 6.70. The van der Waals surface area contributed by atoms with Gasteiger partial charge in [0.2, 0.25) is 0 Å². The van der Waals surface area contributed by atoms with E-state index in [4.69, 9.17) is 0 Å². The number of aromatic nitrogens is 2. The molecule has 106 valence electrons. The zero-order valence-corrected chi connectivity index (χ0v) is 13.2. The van der Waals surface area contributed by atoms with E-state index in [2.05, 4.69) is 38.5 Å². The molecule has 0 amide bonds. The minimum atomic E-state index is -0.107. The van der Waals surface area contributed by atoms with Crippen LogP contribution in [0.25, 0.3) is 0 Å². The average molecular weight is 336 g/mol. The summed E-state index contributed by atoms with van der Waals surface area (Å²) in [5.41, 5.74) is 1.90. The molecule has 0 fully saturated rings. The Balaban J connectivity index is 2.04. The molecule has 0 aliphatic carbocycles. The lowest BCUT2D eigenvalue weighted by Gasteiger charge is -2.12. The maximum atomic E-state index is 12.1. The summed E-state index contributed by atoms with van der Waals surface area (Å²) in [6.45, 7) is 4.63. The maximum absolute atomic E-state index is 12.1. The molecule has 0 saturated heterocycles. The number of nitrogens with one attached hydrogen (secondary N) is 1. The number of hydrogen-bond donors (Lipinski definition) is 1. The third-order valence-corrected chi connectivity index (χ3v) is 3.77. The van der Waals surface area contributed by atoms with Crippen LogP contribution in [0.2, 0.25) is 0 Å². The van der Waals surface area contributed by atoms with E-state index in [1.54, 1.807) is 6.20 Å². The number of rotatable bonds is 5. The van der Waals surface area contributed by atoms with Crippen molar-refractivity contribution >= 4 is 21.6 Å². The van der Waals surface area contributed by atoms with Crippen LogP contribution in [-0.4, -0.2) is 16.3 Å². The second-order valence-corrected chi connectivity index (χ2v) is 5.67. The highest BCUT2D eigenvalue weighted by molar-refractivity contribution is 9.10. The lowest BCUT2D eigenvalue weighted by Crippen LogP contribution is -2.26. The van der Waals surface area contributed by atoms with Gasteiger partial charge in [-0.2, -0.15) is 5.10 Å². The van der Waals surface area contributed by atoms with Crippen molar-refractivity contribution in [2.75, 3.05) is 11.9 Å². The predicted octanol–water partition coefficient (Wildman–Crippen LogP) is 3.24. The van der Waals surface area contributed by atoms with E-state index in [9.17, 15) is 4.79 Å². The molecule has 0 aliphatic heterocycles. The van der Waals surface area contributed by atoms with Crippen molar-refractivity contribution in [3.8, 4) is 0 Å². The van der Waals surface area contributed by atoms with Crippen LogP contribution in [0, 0.1) is 0 Å². The van der Waals surface area contributed by atoms with Crippen LogP contribution in [-0.2, 0) is 6.42 Å². The van der Waals surface area contributed by atoms with E-state index >= 15 is 0 Å². The Morgan fingerprint density at radius 1 is 1.30 bits per heavy atom. The maximum Gasteiger partial charge on any atom is 0.283 e. The molecule has 0 saturated carbocycles. The molecule has 0 aliphatic rings. The van der Waals surface area contributed by atoms with Gasteiger partial charge in [0.25, 0.3) is 5.56 Å². The van der Waals surface area contributed by atoms with Gasteiger partial charge in [0.1, 0.15) is 4.47 Å². The molecule has 1 heterocycles. The molecular formula is C15H18BrN3O. The molecule has 4 nitrogen and oxygen atoms in total. The molecule has 5 heteroatoms. The molecular weight excluding hydrogens is 318 g/mol. The summed E-state index contributed by atoms with van der Waals surface area (Å²) in [5, 5.41) is 7.42. The normalized spacial score (nSPS) is 10.8. The minimum absolute atomic E-state index is 0.0529. The summed E-state index contributed by atoms with van der Waals surface area (Å²) < 4.78 is 2.00. The van der Waals surface area contributed by atoms with Gasteiger partial charge < -0.3 is 5.32 Å². The topological polar surface area (TPSA) is 46.9 Å². The highest BCUT2D eigenvalue weighted by Gasteiger charge is 2.10. The van der Waals surface area contributed by atoms with Crippen LogP contribution in [0.3, 0.4) is 0 Å². The fourth-order valence-corrected chi connectivity index (χ4v) is 2.35. The van der Waals surface area contributed by atoms with Gasteiger partial charge in [-0.3, -0.25) is 4.79 Å². The summed E-state index contributed by atoms with van der Waals surface area (Å²) in [6.07, 6.45) is 2.59. The minimum Gasteiger partial charge on any atom is -0.382 e. The molecule has 20 heavy (non-hydrogen) atoms. The van der Waals surface area contributed by atoms with E-state index in [-0.39, 0.29) is 11.6 Å². The zero-order chi connectivity index (χ0) is 14.5. The van der Waals surface area contributed by atoms with Crippen LogP contribution in [0.1, 0.15) is 25.5 Å². The van der Waals surface area contributed by atoms with Gasteiger partial charge in [-0.05, 0) is 41.8 Å². The van der Waals surface area contributed by atoms with Crippen LogP contribution >= 0.6 is 15.9 Å². The number of anilines is 1. The summed E-state index contributed by atoms with van der Waals surface area (Å²) in [4.78, 5) is 12.1. The fourth-order valence-electron chi connectivity index (χ4n) is 1.92. The van der Waals surface area contributed by atoms with Crippen molar-refractivity contribution in [1.29, 1.82) is 0 Å². The average Bonchev–Trinajstić information content (AvgIpc) is 2.44. The van der Waals surface area contributed by atoms with Gasteiger partial charge in [0, 0.05) is 6.54 Å². The van der Waals surface area contributed by atoms with Crippen LogP contribution < -0.4 is 10.9 Å². The smallest absolute Gasteiger partial charge is 0.283 e. The lowest BCUT2D eigenvalue weighted by molar-refractivity contribution is 0.501. The standard InChI is InChI=1S/C15H18BrN3O/c1-11(2)19-15(20)14(16)13(10-18-19)17-9-8-12-6-4-3-5-7-12/h3-7,10-11,17H,8-9H2,1-2H3. The van der Waals surface area contributed by atoms with Crippen LogP contribution in [0.5, 0.6) is 0 Å². The lowest BCUT2D eigenvalue weighted by atomic mass is 10.1. The first-order valence-electron chi connectivity index (χ1n) is 6.64. The number of halogens is 1. The molecule has 0 bridgehead atoms. The van der Waals surface area contributed by atoms with Gasteiger partial charge in [-0.15, -0.1) is 0 Å². The Bertz CT molecular complexity index is 623. The Hall–Kier alpha value is -1.62. The first-order valence-corrected chi connectivity index (χ1v) is 7.44. The monoisotopic (exact) mass is 335 g/mol. The van der Waals surface area contributed by atoms with Gasteiger partial charge in [0.15, 0.2) is 0 Å². The van der Waals surface area contributed by atoms with Gasteiger partial charge in [-0.25, -0.2) is 4.68 Å². The molecule has 0 atom stereocenters. The Labute approximate surface area is 127 Å². The van der Waals surface area contributed by atoms with Gasteiger partial charge in [0.05, 0.1) is 17.9 Å². The van der Waals surface area contributed by atoms with Gasteiger partial charge >= 0.3 is 0 Å². The first kappa shape index (κ1) is 14.8. The second-order valence-electron chi connectivity index (χ2n) is 4.88. The SMILES string of the molecule is CC(C)n1ncc(NCCc2ccccc2)c(Br)c1=O. The van der Waals surface area contributed by atoms with Crippen molar-refractivity contribution in [1.82, 2.24) is 9.78 Å². The molecule has 2 rings (SSSR count). The van der Waals surface area contributed by atoms with Crippen molar-refractivity contribution in [3.63, 3.8) is 0 Å². The molecule has 1 aromatic carbocycles. The molecule has 0 unspecified atom stereocenters. The van der Waals surface area contributed by atoms with E-state index in [0.29, 0.717) is 4.47 Å². The zero-order valence-electron chi connectivity index (χ0n) is 11.6. The third kappa shape index (κ3) is 3.48. The van der Waals surface area contributed by atoms with Gasteiger partial charge in [-0.1, -0.05) is 30.3 Å². The molecule has 2 aromatic rings. The van der Waals surface area contributed by atoms with Crippen molar-refractivity contribution in [3.05, 3.63) is 56.9 Å². The van der Waals surface area contributed by atoms with E-state index < -0.39 is 0 Å². The van der Waals surface area contributed by atoms with E-state index in [1.165, 1.54) is 10.2 Å². The quantitative estimate of drug-likeness (QED) is 0.912. The van der Waals surface area contributed by atoms with Crippen molar-refractivity contribution in [2.45, 2.75) is 26.3 Å². The van der Waals surface area contributed by atoms with Crippen LogP contribution in [0.15, 0.2) is 45.8 Å². The molecule has 0 radical (unpaired) electrons. The van der Waals surface area contributed by atoms with Crippen molar-refractivity contribution < 1.29 is 0 Å². The predicted molar refractivity (Wildman–Crippen MR) is 85.2 cm³/mol.